The third kappa shape index (κ3) is 3.49. The molecular weight excluding hydrogens is 228 g/mol. The SMILES string of the molecule is COC(=O)[C@H](C)NC(C)c1cc(F)ccc1F. The van der Waals surface area contributed by atoms with Crippen molar-refractivity contribution in [3.63, 3.8) is 0 Å². The van der Waals surface area contributed by atoms with E-state index >= 15 is 0 Å². The van der Waals surface area contributed by atoms with Gasteiger partial charge in [0.15, 0.2) is 0 Å². The third-order valence-electron chi connectivity index (χ3n) is 2.48. The largest absolute Gasteiger partial charge is 0.468 e. The minimum atomic E-state index is -0.585. The van der Waals surface area contributed by atoms with Gasteiger partial charge in [0.1, 0.15) is 17.7 Å². The van der Waals surface area contributed by atoms with E-state index in [4.69, 9.17) is 0 Å². The van der Waals surface area contributed by atoms with Crippen molar-refractivity contribution in [2.45, 2.75) is 25.9 Å². The van der Waals surface area contributed by atoms with E-state index in [0.29, 0.717) is 0 Å². The number of nitrogens with one attached hydrogen (secondary N) is 1. The summed E-state index contributed by atoms with van der Waals surface area (Å²) in [5.74, 6) is -1.47. The molecule has 2 atom stereocenters. The lowest BCUT2D eigenvalue weighted by Gasteiger charge is -2.19. The molecule has 0 saturated heterocycles. The van der Waals surface area contributed by atoms with Gasteiger partial charge >= 0.3 is 5.97 Å². The van der Waals surface area contributed by atoms with Crippen molar-refractivity contribution >= 4 is 5.97 Å². The lowest BCUT2D eigenvalue weighted by Crippen LogP contribution is -2.36. The highest BCUT2D eigenvalue weighted by molar-refractivity contribution is 5.75. The van der Waals surface area contributed by atoms with E-state index in [-0.39, 0.29) is 5.56 Å². The maximum absolute atomic E-state index is 13.4. The van der Waals surface area contributed by atoms with Crippen LogP contribution in [0, 0.1) is 11.6 Å². The van der Waals surface area contributed by atoms with E-state index in [1.54, 1.807) is 13.8 Å². The van der Waals surface area contributed by atoms with Gasteiger partial charge in [-0.05, 0) is 32.0 Å². The summed E-state index contributed by atoms with van der Waals surface area (Å²) in [6.07, 6.45) is 0. The molecule has 0 radical (unpaired) electrons. The minimum Gasteiger partial charge on any atom is -0.468 e. The zero-order valence-corrected chi connectivity index (χ0v) is 9.96. The van der Waals surface area contributed by atoms with Crippen molar-refractivity contribution in [1.29, 1.82) is 0 Å². The van der Waals surface area contributed by atoms with Crippen LogP contribution in [0.3, 0.4) is 0 Å². The minimum absolute atomic E-state index is 0.181. The summed E-state index contributed by atoms with van der Waals surface area (Å²) in [7, 11) is 1.27. The van der Waals surface area contributed by atoms with Crippen molar-refractivity contribution in [2.75, 3.05) is 7.11 Å². The van der Waals surface area contributed by atoms with Gasteiger partial charge in [-0.25, -0.2) is 8.78 Å². The Morgan fingerprint density at radius 2 is 2.00 bits per heavy atom. The summed E-state index contributed by atoms with van der Waals surface area (Å²) in [5, 5.41) is 2.83. The molecule has 0 aromatic heterocycles. The van der Waals surface area contributed by atoms with E-state index in [1.807, 2.05) is 0 Å². The summed E-state index contributed by atoms with van der Waals surface area (Å²) in [4.78, 5) is 11.2. The summed E-state index contributed by atoms with van der Waals surface area (Å²) < 4.78 is 30.9. The molecule has 0 fully saturated rings. The molecule has 1 aromatic carbocycles. The van der Waals surface area contributed by atoms with Gasteiger partial charge in [0.05, 0.1) is 7.11 Å². The molecule has 0 saturated carbocycles. The van der Waals surface area contributed by atoms with Crippen LogP contribution in [0.2, 0.25) is 0 Å². The fraction of sp³-hybridized carbons (Fsp3) is 0.417. The van der Waals surface area contributed by atoms with Crippen molar-refractivity contribution in [1.82, 2.24) is 5.32 Å². The molecule has 17 heavy (non-hydrogen) atoms. The van der Waals surface area contributed by atoms with Crippen LogP contribution in [-0.4, -0.2) is 19.1 Å². The second kappa shape index (κ2) is 5.72. The number of halogens is 2. The second-order valence-electron chi connectivity index (χ2n) is 3.80. The van der Waals surface area contributed by atoms with Crippen LogP contribution in [0.25, 0.3) is 0 Å². The molecule has 94 valence electrons. The molecule has 0 aliphatic rings. The Bertz CT molecular complexity index is 409. The lowest BCUT2D eigenvalue weighted by atomic mass is 10.1. The smallest absolute Gasteiger partial charge is 0.322 e. The average molecular weight is 243 g/mol. The van der Waals surface area contributed by atoms with Crippen LogP contribution in [0.4, 0.5) is 8.78 Å². The summed E-state index contributed by atoms with van der Waals surface area (Å²) in [6, 6.07) is 2.15. The fourth-order valence-electron chi connectivity index (χ4n) is 1.56. The number of hydrogen-bond acceptors (Lipinski definition) is 3. The van der Waals surface area contributed by atoms with E-state index in [0.717, 1.165) is 18.2 Å². The Morgan fingerprint density at radius 3 is 2.59 bits per heavy atom. The predicted octanol–water partition coefficient (Wildman–Crippen LogP) is 2.18. The Labute approximate surface area is 98.8 Å². The molecular formula is C12H15F2NO2. The van der Waals surface area contributed by atoms with Gasteiger partial charge in [0, 0.05) is 11.6 Å². The molecule has 3 nitrogen and oxygen atoms in total. The van der Waals surface area contributed by atoms with Crippen molar-refractivity contribution in [2.24, 2.45) is 0 Å². The van der Waals surface area contributed by atoms with Gasteiger partial charge in [-0.2, -0.15) is 0 Å². The zero-order chi connectivity index (χ0) is 13.0. The molecule has 0 bridgehead atoms. The fourth-order valence-corrected chi connectivity index (χ4v) is 1.56. The maximum atomic E-state index is 13.4. The van der Waals surface area contributed by atoms with Crippen molar-refractivity contribution in [3.05, 3.63) is 35.4 Å². The number of carbonyl (C=O) groups excluding carboxylic acids is 1. The number of esters is 1. The number of carbonyl (C=O) groups is 1. The summed E-state index contributed by atoms with van der Waals surface area (Å²) >= 11 is 0. The Hall–Kier alpha value is -1.49. The van der Waals surface area contributed by atoms with E-state index in [2.05, 4.69) is 10.1 Å². The standard InChI is InChI=1S/C12H15F2NO2/c1-7(15-8(2)12(16)17-3)10-6-9(13)4-5-11(10)14/h4-8,15H,1-3H3/t7?,8-/m0/s1. The first-order valence-corrected chi connectivity index (χ1v) is 5.24. The molecule has 5 heteroatoms. The van der Waals surface area contributed by atoms with Crippen molar-refractivity contribution in [3.8, 4) is 0 Å². The van der Waals surface area contributed by atoms with E-state index in [9.17, 15) is 13.6 Å². The van der Waals surface area contributed by atoms with Gasteiger partial charge < -0.3 is 4.74 Å². The lowest BCUT2D eigenvalue weighted by molar-refractivity contribution is -0.142. The topological polar surface area (TPSA) is 38.3 Å². The van der Waals surface area contributed by atoms with Crippen LogP contribution >= 0.6 is 0 Å². The second-order valence-corrected chi connectivity index (χ2v) is 3.80. The Morgan fingerprint density at radius 1 is 1.35 bits per heavy atom. The Kier molecular flexibility index (Phi) is 4.57. The highest BCUT2D eigenvalue weighted by Gasteiger charge is 2.18. The average Bonchev–Trinajstić information content (AvgIpc) is 2.30. The molecule has 0 aliphatic heterocycles. The zero-order valence-electron chi connectivity index (χ0n) is 9.96. The van der Waals surface area contributed by atoms with Crippen LogP contribution in [0.5, 0.6) is 0 Å². The monoisotopic (exact) mass is 243 g/mol. The number of benzene rings is 1. The van der Waals surface area contributed by atoms with Crippen molar-refractivity contribution < 1.29 is 18.3 Å². The van der Waals surface area contributed by atoms with Crippen LogP contribution in [-0.2, 0) is 9.53 Å². The summed E-state index contributed by atoms with van der Waals surface area (Å²) in [6.45, 7) is 3.25. The molecule has 1 aromatic rings. The maximum Gasteiger partial charge on any atom is 0.322 e. The van der Waals surface area contributed by atoms with E-state index < -0.39 is 29.7 Å². The van der Waals surface area contributed by atoms with Gasteiger partial charge in [-0.3, -0.25) is 10.1 Å². The number of methoxy groups -OCH3 is 1. The van der Waals surface area contributed by atoms with Gasteiger partial charge in [0.25, 0.3) is 0 Å². The van der Waals surface area contributed by atoms with Gasteiger partial charge in [-0.15, -0.1) is 0 Å². The number of ether oxygens (including phenoxy) is 1. The van der Waals surface area contributed by atoms with Crippen LogP contribution in [0.15, 0.2) is 18.2 Å². The quantitative estimate of drug-likeness (QED) is 0.824. The summed E-state index contributed by atoms with van der Waals surface area (Å²) in [5.41, 5.74) is 0.181. The number of rotatable bonds is 4. The molecule has 0 amide bonds. The normalized spacial score (nSPS) is 14.2. The molecule has 1 unspecified atom stereocenters. The predicted molar refractivity (Wildman–Crippen MR) is 59.4 cm³/mol. The molecule has 0 spiro atoms. The highest BCUT2D eigenvalue weighted by atomic mass is 19.1. The third-order valence-corrected chi connectivity index (χ3v) is 2.48. The molecule has 1 N–H and O–H groups in total. The Balaban J connectivity index is 2.79. The molecule has 1 rings (SSSR count). The first kappa shape index (κ1) is 13.6. The molecule has 0 aliphatic carbocycles. The van der Waals surface area contributed by atoms with Crippen LogP contribution < -0.4 is 5.32 Å². The number of hydrogen-bond donors (Lipinski definition) is 1. The first-order chi connectivity index (χ1) is 7.95. The first-order valence-electron chi connectivity index (χ1n) is 5.24. The van der Waals surface area contributed by atoms with Gasteiger partial charge in [-0.1, -0.05) is 0 Å². The highest BCUT2D eigenvalue weighted by Crippen LogP contribution is 2.18. The van der Waals surface area contributed by atoms with Crippen LogP contribution in [0.1, 0.15) is 25.5 Å². The molecule has 0 heterocycles. The van der Waals surface area contributed by atoms with Gasteiger partial charge in [0.2, 0.25) is 0 Å². The van der Waals surface area contributed by atoms with E-state index in [1.165, 1.54) is 7.11 Å².